The maximum atomic E-state index is 6.21. The number of piperazine rings is 1. The summed E-state index contributed by atoms with van der Waals surface area (Å²) in [6, 6.07) is 11.8. The number of hydrogen-bond acceptors (Lipinski definition) is 6. The minimum Gasteiger partial charge on any atom is -0.370 e. The molecule has 0 atom stereocenters. The molecule has 1 fully saturated rings. The molecular formula is C18H22IN9. The predicted octanol–water partition coefficient (Wildman–Crippen LogP) is 1.31. The fourth-order valence-corrected chi connectivity index (χ4v) is 3.01. The molecule has 9 nitrogen and oxygen atoms in total. The fourth-order valence-electron chi connectivity index (χ4n) is 3.01. The maximum absolute atomic E-state index is 6.21. The maximum Gasteiger partial charge on any atom is 0.225 e. The fraction of sp³-hybridized carbons (Fsp3) is 0.278. The van der Waals surface area contributed by atoms with E-state index in [9.17, 15) is 0 Å². The van der Waals surface area contributed by atoms with Gasteiger partial charge in [-0.25, -0.2) is 15.0 Å². The van der Waals surface area contributed by atoms with Gasteiger partial charge in [0.1, 0.15) is 12.9 Å². The van der Waals surface area contributed by atoms with Crippen LogP contribution >= 0.6 is 24.0 Å². The zero-order valence-electron chi connectivity index (χ0n) is 15.3. The molecule has 3 heterocycles. The zero-order chi connectivity index (χ0) is 18.5. The van der Waals surface area contributed by atoms with E-state index in [0.717, 1.165) is 43.6 Å². The Morgan fingerprint density at radius 1 is 1.00 bits per heavy atom. The molecule has 10 heteroatoms. The number of aromatic nitrogens is 5. The number of rotatable bonds is 4. The molecule has 0 aliphatic carbocycles. The Hall–Kier alpha value is -2.76. The molecule has 2 aromatic heterocycles. The van der Waals surface area contributed by atoms with E-state index >= 15 is 0 Å². The summed E-state index contributed by atoms with van der Waals surface area (Å²) in [5, 5.41) is 8.17. The van der Waals surface area contributed by atoms with Gasteiger partial charge >= 0.3 is 0 Å². The first-order valence-corrected chi connectivity index (χ1v) is 8.82. The van der Waals surface area contributed by atoms with Gasteiger partial charge in [-0.2, -0.15) is 0 Å². The Kier molecular flexibility index (Phi) is 6.74. The van der Waals surface area contributed by atoms with Crippen molar-refractivity contribution in [3.8, 4) is 5.69 Å². The average molecular weight is 491 g/mol. The van der Waals surface area contributed by atoms with Crippen LogP contribution in [0.4, 0.5) is 5.95 Å². The second-order valence-electron chi connectivity index (χ2n) is 6.15. The van der Waals surface area contributed by atoms with Gasteiger partial charge in [0.25, 0.3) is 0 Å². The summed E-state index contributed by atoms with van der Waals surface area (Å²) in [4.78, 5) is 17.3. The van der Waals surface area contributed by atoms with Crippen molar-refractivity contribution in [2.45, 2.75) is 6.54 Å². The van der Waals surface area contributed by atoms with Crippen LogP contribution in [0.2, 0.25) is 0 Å². The molecule has 1 saturated heterocycles. The summed E-state index contributed by atoms with van der Waals surface area (Å²) in [5.41, 5.74) is 7.21. The van der Waals surface area contributed by atoms with Gasteiger partial charge < -0.3 is 15.5 Å². The smallest absolute Gasteiger partial charge is 0.225 e. The van der Waals surface area contributed by atoms with Crippen molar-refractivity contribution in [3.63, 3.8) is 0 Å². The minimum atomic E-state index is 0. The van der Waals surface area contributed by atoms with Crippen LogP contribution in [0.5, 0.6) is 0 Å². The number of nitrogens with two attached hydrogens (primary N) is 1. The molecule has 0 spiro atoms. The van der Waals surface area contributed by atoms with Crippen molar-refractivity contribution in [2.24, 2.45) is 10.7 Å². The third-order valence-electron chi connectivity index (χ3n) is 4.47. The Morgan fingerprint density at radius 3 is 2.43 bits per heavy atom. The summed E-state index contributed by atoms with van der Waals surface area (Å²) in [6.07, 6.45) is 5.20. The average Bonchev–Trinajstić information content (AvgIpc) is 3.22. The van der Waals surface area contributed by atoms with Gasteiger partial charge in [-0.3, -0.25) is 4.57 Å². The molecule has 1 aliphatic heterocycles. The number of guanidine groups is 1. The molecule has 0 radical (unpaired) electrons. The van der Waals surface area contributed by atoms with Crippen LogP contribution in [-0.4, -0.2) is 61.8 Å². The number of anilines is 1. The van der Waals surface area contributed by atoms with E-state index in [0.29, 0.717) is 12.5 Å². The molecule has 0 bridgehead atoms. The highest BCUT2D eigenvalue weighted by Crippen LogP contribution is 2.11. The lowest BCUT2D eigenvalue weighted by Crippen LogP contribution is -2.51. The normalized spacial score (nSPS) is 14.6. The first kappa shape index (κ1) is 20.0. The van der Waals surface area contributed by atoms with Gasteiger partial charge in [0.15, 0.2) is 11.8 Å². The zero-order valence-corrected chi connectivity index (χ0v) is 17.6. The quantitative estimate of drug-likeness (QED) is 0.334. The lowest BCUT2D eigenvalue weighted by Gasteiger charge is -2.35. The van der Waals surface area contributed by atoms with Crippen LogP contribution in [-0.2, 0) is 6.54 Å². The number of nitrogens with zero attached hydrogens (tertiary/aromatic N) is 8. The van der Waals surface area contributed by atoms with Crippen LogP contribution in [0.25, 0.3) is 5.69 Å². The van der Waals surface area contributed by atoms with Gasteiger partial charge in [0.2, 0.25) is 5.95 Å². The second-order valence-corrected chi connectivity index (χ2v) is 6.15. The molecule has 28 heavy (non-hydrogen) atoms. The van der Waals surface area contributed by atoms with Crippen molar-refractivity contribution >= 4 is 35.9 Å². The molecule has 3 aromatic rings. The lowest BCUT2D eigenvalue weighted by molar-refractivity contribution is 0.378. The first-order chi connectivity index (χ1) is 13.3. The summed E-state index contributed by atoms with van der Waals surface area (Å²) in [6.45, 7) is 3.54. The van der Waals surface area contributed by atoms with Crippen LogP contribution < -0.4 is 10.6 Å². The summed E-state index contributed by atoms with van der Waals surface area (Å²) < 4.78 is 1.92. The largest absolute Gasteiger partial charge is 0.370 e. The third-order valence-corrected chi connectivity index (χ3v) is 4.47. The highest BCUT2D eigenvalue weighted by Gasteiger charge is 2.20. The Labute approximate surface area is 180 Å². The molecule has 1 aromatic carbocycles. The number of halogens is 1. The molecule has 4 rings (SSSR count). The molecular weight excluding hydrogens is 469 g/mol. The van der Waals surface area contributed by atoms with E-state index in [1.807, 2.05) is 41.0 Å². The molecule has 0 saturated carbocycles. The van der Waals surface area contributed by atoms with E-state index in [1.54, 1.807) is 18.7 Å². The first-order valence-electron chi connectivity index (χ1n) is 8.82. The van der Waals surface area contributed by atoms with E-state index in [1.165, 1.54) is 0 Å². The predicted molar refractivity (Wildman–Crippen MR) is 118 cm³/mol. The number of benzene rings is 1. The third kappa shape index (κ3) is 4.55. The minimum absolute atomic E-state index is 0. The number of hydrogen-bond donors (Lipinski definition) is 1. The van der Waals surface area contributed by atoms with Crippen LogP contribution in [0.15, 0.2) is 60.1 Å². The van der Waals surface area contributed by atoms with E-state index in [4.69, 9.17) is 5.73 Å². The highest BCUT2D eigenvalue weighted by atomic mass is 127. The van der Waals surface area contributed by atoms with Gasteiger partial charge in [-0.05, 0) is 18.2 Å². The second kappa shape index (κ2) is 9.44. The lowest BCUT2D eigenvalue weighted by atomic mass is 10.3. The number of para-hydroxylation sites is 1. The topological polar surface area (TPSA) is 101 Å². The monoisotopic (exact) mass is 491 g/mol. The van der Waals surface area contributed by atoms with Crippen molar-refractivity contribution in [2.75, 3.05) is 31.1 Å². The SMILES string of the molecule is I.NC(=NCc1nncn1-c1ccccc1)N1CCN(c2ncccn2)CC1. The molecule has 2 N–H and O–H groups in total. The van der Waals surface area contributed by atoms with Gasteiger partial charge in [0, 0.05) is 44.3 Å². The van der Waals surface area contributed by atoms with Crippen molar-refractivity contribution < 1.29 is 0 Å². The van der Waals surface area contributed by atoms with Gasteiger partial charge in [-0.15, -0.1) is 34.2 Å². The van der Waals surface area contributed by atoms with Crippen molar-refractivity contribution in [1.82, 2.24) is 29.6 Å². The Morgan fingerprint density at radius 2 is 1.71 bits per heavy atom. The van der Waals surface area contributed by atoms with Crippen molar-refractivity contribution in [3.05, 3.63) is 60.9 Å². The highest BCUT2D eigenvalue weighted by molar-refractivity contribution is 14.0. The van der Waals surface area contributed by atoms with E-state index in [2.05, 4.69) is 35.0 Å². The van der Waals surface area contributed by atoms with Crippen molar-refractivity contribution in [1.29, 1.82) is 0 Å². The summed E-state index contributed by atoms with van der Waals surface area (Å²) in [5.74, 6) is 2.02. The van der Waals surface area contributed by atoms with Crippen LogP contribution in [0.3, 0.4) is 0 Å². The molecule has 0 amide bonds. The van der Waals surface area contributed by atoms with Gasteiger partial charge in [0.05, 0.1) is 0 Å². The summed E-state index contributed by atoms with van der Waals surface area (Å²) >= 11 is 0. The van der Waals surface area contributed by atoms with E-state index in [-0.39, 0.29) is 24.0 Å². The Bertz CT molecular complexity index is 890. The standard InChI is InChI=1S/C18H21N9.HI/c19-17(25-9-11-26(12-10-25)18-20-7-4-8-21-18)22-13-16-24-23-14-27(16)15-5-2-1-3-6-15;/h1-8,14H,9-13H2,(H2,19,22);1H. The summed E-state index contributed by atoms with van der Waals surface area (Å²) in [7, 11) is 0. The molecule has 1 aliphatic rings. The molecule has 0 unspecified atom stereocenters. The molecule has 146 valence electrons. The number of aliphatic imine (C=N–C) groups is 1. The Balaban J connectivity index is 0.00000225. The van der Waals surface area contributed by atoms with Crippen LogP contribution in [0.1, 0.15) is 5.82 Å². The van der Waals surface area contributed by atoms with Gasteiger partial charge in [-0.1, -0.05) is 18.2 Å². The van der Waals surface area contributed by atoms with Crippen LogP contribution in [0, 0.1) is 0 Å². The van der Waals surface area contributed by atoms with E-state index < -0.39 is 0 Å².